The Morgan fingerprint density at radius 3 is 3.21 bits per heavy atom. The number of rotatable bonds is 6. The van der Waals surface area contributed by atoms with Gasteiger partial charge in [0.15, 0.2) is 0 Å². The van der Waals surface area contributed by atoms with Crippen molar-refractivity contribution in [2.24, 2.45) is 0 Å². The molecule has 0 unspecified atom stereocenters. The number of carbonyl (C=O) groups is 1. The highest BCUT2D eigenvalue weighted by atomic mass is 16.5. The molecule has 0 saturated carbocycles. The zero-order valence-corrected chi connectivity index (χ0v) is 11.5. The minimum Gasteiger partial charge on any atom is -0.383 e. The Hall–Kier alpha value is -1.55. The van der Waals surface area contributed by atoms with Crippen LogP contribution in [0.2, 0.25) is 0 Å². The normalized spacial score (nSPS) is 13.5. The van der Waals surface area contributed by atoms with Gasteiger partial charge in [-0.1, -0.05) is 12.1 Å². The van der Waals surface area contributed by atoms with Gasteiger partial charge in [-0.3, -0.25) is 4.79 Å². The van der Waals surface area contributed by atoms with Gasteiger partial charge in [0.2, 0.25) is 5.91 Å². The van der Waals surface area contributed by atoms with Gasteiger partial charge in [0.25, 0.3) is 0 Å². The first-order valence-corrected chi connectivity index (χ1v) is 7.04. The summed E-state index contributed by atoms with van der Waals surface area (Å²) in [6.07, 6.45) is 3.50. The molecule has 0 bridgehead atoms. The molecule has 1 aromatic rings. The van der Waals surface area contributed by atoms with Crippen molar-refractivity contribution in [3.8, 4) is 0 Å². The smallest absolute Gasteiger partial charge is 0.224 e. The minimum absolute atomic E-state index is 0.0560. The molecule has 2 rings (SSSR count). The summed E-state index contributed by atoms with van der Waals surface area (Å²) in [7, 11) is 0. The summed E-state index contributed by atoms with van der Waals surface area (Å²) in [5.41, 5.74) is 3.28. The molecular weight excluding hydrogens is 240 g/mol. The number of amides is 1. The molecule has 1 aliphatic heterocycles. The van der Waals surface area contributed by atoms with Crippen LogP contribution in [-0.2, 0) is 16.0 Å². The molecule has 0 saturated heterocycles. The molecule has 0 atom stereocenters. The largest absolute Gasteiger partial charge is 0.383 e. The van der Waals surface area contributed by atoms with Crippen LogP contribution in [0.5, 0.6) is 0 Å². The fourth-order valence-corrected chi connectivity index (χ4v) is 2.31. The van der Waals surface area contributed by atoms with E-state index in [0.29, 0.717) is 19.6 Å². The third kappa shape index (κ3) is 3.96. The Morgan fingerprint density at radius 1 is 1.47 bits per heavy atom. The third-order valence-electron chi connectivity index (χ3n) is 3.25. The van der Waals surface area contributed by atoms with Crippen LogP contribution in [0.4, 0.5) is 11.4 Å². The van der Waals surface area contributed by atoms with Crippen molar-refractivity contribution in [1.82, 2.24) is 0 Å². The Labute approximate surface area is 114 Å². The van der Waals surface area contributed by atoms with E-state index < -0.39 is 0 Å². The number of fused-ring (bicyclic) bond motifs is 1. The van der Waals surface area contributed by atoms with E-state index in [9.17, 15) is 4.79 Å². The van der Waals surface area contributed by atoms with Gasteiger partial charge in [-0.15, -0.1) is 0 Å². The molecule has 0 radical (unpaired) electrons. The number of hydrogen-bond donors (Lipinski definition) is 2. The topological polar surface area (TPSA) is 50.4 Å². The van der Waals surface area contributed by atoms with Crippen molar-refractivity contribution in [2.75, 3.05) is 30.4 Å². The summed E-state index contributed by atoms with van der Waals surface area (Å²) in [5, 5.41) is 6.36. The lowest BCUT2D eigenvalue weighted by molar-refractivity contribution is -0.116. The monoisotopic (exact) mass is 262 g/mol. The Morgan fingerprint density at radius 2 is 2.37 bits per heavy atom. The molecule has 4 nitrogen and oxygen atoms in total. The molecule has 1 aliphatic rings. The van der Waals surface area contributed by atoms with E-state index in [4.69, 9.17) is 4.74 Å². The van der Waals surface area contributed by atoms with Crippen LogP contribution in [-0.4, -0.2) is 25.7 Å². The molecule has 1 aromatic carbocycles. The lowest BCUT2D eigenvalue weighted by Crippen LogP contribution is -2.17. The van der Waals surface area contributed by atoms with Crippen molar-refractivity contribution < 1.29 is 9.53 Å². The van der Waals surface area contributed by atoms with Crippen LogP contribution in [0.1, 0.15) is 31.7 Å². The number of nitrogens with one attached hydrogen (secondary N) is 2. The Balaban J connectivity index is 1.90. The third-order valence-corrected chi connectivity index (χ3v) is 3.25. The van der Waals surface area contributed by atoms with Gasteiger partial charge < -0.3 is 15.4 Å². The summed E-state index contributed by atoms with van der Waals surface area (Å²) in [5.74, 6) is 0.0560. The van der Waals surface area contributed by atoms with Gasteiger partial charge in [-0.2, -0.15) is 0 Å². The number of anilines is 2. The molecule has 0 spiro atoms. The molecule has 1 amide bonds. The maximum atomic E-state index is 11.9. The van der Waals surface area contributed by atoms with Crippen molar-refractivity contribution in [2.45, 2.75) is 32.6 Å². The van der Waals surface area contributed by atoms with Gasteiger partial charge in [0, 0.05) is 26.2 Å². The molecule has 0 aliphatic carbocycles. The van der Waals surface area contributed by atoms with Crippen LogP contribution in [0.3, 0.4) is 0 Å². The van der Waals surface area contributed by atoms with E-state index in [2.05, 4.69) is 16.7 Å². The van der Waals surface area contributed by atoms with Crippen LogP contribution in [0.25, 0.3) is 0 Å². The zero-order chi connectivity index (χ0) is 13.5. The summed E-state index contributed by atoms with van der Waals surface area (Å²) < 4.78 is 5.23. The first-order valence-electron chi connectivity index (χ1n) is 7.04. The van der Waals surface area contributed by atoms with Crippen molar-refractivity contribution >= 4 is 17.3 Å². The first-order chi connectivity index (χ1) is 9.31. The zero-order valence-electron chi connectivity index (χ0n) is 11.5. The van der Waals surface area contributed by atoms with Gasteiger partial charge in [-0.25, -0.2) is 0 Å². The van der Waals surface area contributed by atoms with Crippen LogP contribution in [0, 0.1) is 0 Å². The maximum absolute atomic E-state index is 11.9. The Bertz CT molecular complexity index is 432. The van der Waals surface area contributed by atoms with E-state index in [-0.39, 0.29) is 5.91 Å². The second-order valence-corrected chi connectivity index (χ2v) is 4.72. The summed E-state index contributed by atoms with van der Waals surface area (Å²) in [6, 6.07) is 6.07. The highest BCUT2D eigenvalue weighted by Gasteiger charge is 2.13. The maximum Gasteiger partial charge on any atom is 0.224 e. The SMILES string of the molecule is CCOCCCC(=O)Nc1cccc2c1NCCC2. The molecule has 0 aromatic heterocycles. The Kier molecular flexibility index (Phi) is 5.21. The number of benzene rings is 1. The van der Waals surface area contributed by atoms with Gasteiger partial charge in [0.1, 0.15) is 0 Å². The van der Waals surface area contributed by atoms with Crippen LogP contribution < -0.4 is 10.6 Å². The van der Waals surface area contributed by atoms with E-state index in [1.54, 1.807) is 0 Å². The standard InChI is InChI=1S/C15H22N2O2/c1-2-19-11-5-9-14(18)17-13-8-3-6-12-7-4-10-16-15(12)13/h3,6,8,16H,2,4-5,7,9-11H2,1H3,(H,17,18). The summed E-state index contributed by atoms with van der Waals surface area (Å²) >= 11 is 0. The predicted octanol–water partition coefficient (Wildman–Crippen LogP) is 2.80. The highest BCUT2D eigenvalue weighted by Crippen LogP contribution is 2.30. The van der Waals surface area contributed by atoms with Gasteiger partial charge >= 0.3 is 0 Å². The van der Waals surface area contributed by atoms with E-state index in [0.717, 1.165) is 37.2 Å². The molecule has 1 heterocycles. The number of ether oxygens (including phenoxy) is 1. The van der Waals surface area contributed by atoms with Crippen LogP contribution >= 0.6 is 0 Å². The quantitative estimate of drug-likeness (QED) is 0.775. The van der Waals surface area contributed by atoms with Crippen molar-refractivity contribution in [1.29, 1.82) is 0 Å². The van der Waals surface area contributed by atoms with E-state index in [1.807, 2.05) is 19.1 Å². The number of carbonyl (C=O) groups excluding carboxylic acids is 1. The predicted molar refractivity (Wildman–Crippen MR) is 77.6 cm³/mol. The summed E-state index contributed by atoms with van der Waals surface area (Å²) in [4.78, 5) is 11.9. The number of hydrogen-bond acceptors (Lipinski definition) is 3. The molecule has 104 valence electrons. The highest BCUT2D eigenvalue weighted by molar-refractivity contribution is 5.94. The van der Waals surface area contributed by atoms with Gasteiger partial charge in [0.05, 0.1) is 11.4 Å². The molecule has 2 N–H and O–H groups in total. The second-order valence-electron chi connectivity index (χ2n) is 4.72. The van der Waals surface area contributed by atoms with Crippen molar-refractivity contribution in [3.63, 3.8) is 0 Å². The lowest BCUT2D eigenvalue weighted by Gasteiger charge is -2.21. The molecule has 4 heteroatoms. The fraction of sp³-hybridized carbons (Fsp3) is 0.533. The van der Waals surface area contributed by atoms with E-state index >= 15 is 0 Å². The average molecular weight is 262 g/mol. The number of para-hydroxylation sites is 1. The molecular formula is C15H22N2O2. The van der Waals surface area contributed by atoms with Gasteiger partial charge in [-0.05, 0) is 37.8 Å². The summed E-state index contributed by atoms with van der Waals surface area (Å²) in [6.45, 7) is 4.29. The lowest BCUT2D eigenvalue weighted by atomic mass is 10.0. The van der Waals surface area contributed by atoms with E-state index in [1.165, 1.54) is 5.56 Å². The van der Waals surface area contributed by atoms with Crippen LogP contribution in [0.15, 0.2) is 18.2 Å². The second kappa shape index (κ2) is 7.14. The first kappa shape index (κ1) is 13.9. The molecule has 0 fully saturated rings. The minimum atomic E-state index is 0.0560. The number of aryl methyl sites for hydroxylation is 1. The van der Waals surface area contributed by atoms with Crippen molar-refractivity contribution in [3.05, 3.63) is 23.8 Å². The average Bonchev–Trinajstić information content (AvgIpc) is 2.44. The molecule has 19 heavy (non-hydrogen) atoms. The fourth-order valence-electron chi connectivity index (χ4n) is 2.31.